The predicted molar refractivity (Wildman–Crippen MR) is 77.8 cm³/mol. The van der Waals surface area contributed by atoms with E-state index in [1.165, 1.54) is 0 Å². The Morgan fingerprint density at radius 2 is 2.40 bits per heavy atom. The number of aromatic amines is 1. The van der Waals surface area contributed by atoms with Crippen LogP contribution in [-0.4, -0.2) is 38.4 Å². The summed E-state index contributed by atoms with van der Waals surface area (Å²) in [4.78, 5) is 12.0. The average molecular weight is 298 g/mol. The van der Waals surface area contributed by atoms with Gasteiger partial charge in [0, 0.05) is 18.9 Å². The van der Waals surface area contributed by atoms with Gasteiger partial charge in [-0.15, -0.1) is 0 Å². The number of aromatic nitrogens is 3. The molecule has 1 aromatic heterocycles. The lowest BCUT2D eigenvalue weighted by Crippen LogP contribution is -2.34. The predicted octanol–water partition coefficient (Wildman–Crippen LogP) is 1.17. The Morgan fingerprint density at radius 1 is 1.60 bits per heavy atom. The second-order valence-electron chi connectivity index (χ2n) is 5.34. The average Bonchev–Trinajstić information content (AvgIpc) is 2.97. The lowest BCUT2D eigenvalue weighted by Gasteiger charge is -2.15. The maximum atomic E-state index is 12.0. The van der Waals surface area contributed by atoms with Crippen molar-refractivity contribution < 1.29 is 9.90 Å². The molecule has 2 rings (SSSR count). The van der Waals surface area contributed by atoms with Gasteiger partial charge < -0.3 is 10.4 Å². The molecule has 1 aromatic rings. The molecule has 0 unspecified atom stereocenters. The molecular weight excluding hydrogens is 276 g/mol. The van der Waals surface area contributed by atoms with Gasteiger partial charge in [-0.3, -0.25) is 14.5 Å². The summed E-state index contributed by atoms with van der Waals surface area (Å²) in [5.74, 6) is 0.916. The highest BCUT2D eigenvalue weighted by molar-refractivity contribution is 7.71. The molecule has 112 valence electrons. The van der Waals surface area contributed by atoms with Gasteiger partial charge in [0.1, 0.15) is 12.4 Å². The van der Waals surface area contributed by atoms with Crippen molar-refractivity contribution in [3.05, 3.63) is 10.6 Å². The van der Waals surface area contributed by atoms with Gasteiger partial charge in [0.05, 0.1) is 6.10 Å². The number of carbonyl (C=O) groups is 1. The van der Waals surface area contributed by atoms with E-state index in [1.807, 2.05) is 0 Å². The summed E-state index contributed by atoms with van der Waals surface area (Å²) in [6.45, 7) is 2.78. The molecule has 1 saturated carbocycles. The van der Waals surface area contributed by atoms with Crippen LogP contribution in [0.25, 0.3) is 0 Å². The third kappa shape index (κ3) is 3.67. The molecule has 1 aliphatic carbocycles. The fraction of sp³-hybridized carbons (Fsp3) is 0.769. The largest absolute Gasteiger partial charge is 0.393 e. The molecule has 0 bridgehead atoms. The van der Waals surface area contributed by atoms with Gasteiger partial charge in [0.25, 0.3) is 0 Å². The van der Waals surface area contributed by atoms with Gasteiger partial charge >= 0.3 is 0 Å². The first kappa shape index (κ1) is 15.2. The van der Waals surface area contributed by atoms with E-state index in [9.17, 15) is 9.90 Å². The number of nitrogens with one attached hydrogen (secondary N) is 2. The highest BCUT2D eigenvalue weighted by Gasteiger charge is 2.25. The zero-order valence-corrected chi connectivity index (χ0v) is 12.6. The Morgan fingerprint density at radius 3 is 3.05 bits per heavy atom. The van der Waals surface area contributed by atoms with E-state index < -0.39 is 0 Å². The highest BCUT2D eigenvalue weighted by Crippen LogP contribution is 2.24. The van der Waals surface area contributed by atoms with Gasteiger partial charge in [-0.1, -0.05) is 13.3 Å². The number of aliphatic hydroxyl groups excluding tert-OH is 1. The Hall–Kier alpha value is -1.21. The molecule has 20 heavy (non-hydrogen) atoms. The van der Waals surface area contributed by atoms with Crippen molar-refractivity contribution >= 4 is 18.1 Å². The van der Waals surface area contributed by atoms with Crippen molar-refractivity contribution in [3.8, 4) is 0 Å². The number of carbonyl (C=O) groups excluding carboxylic acids is 1. The third-order valence-electron chi connectivity index (χ3n) is 3.79. The summed E-state index contributed by atoms with van der Waals surface area (Å²) in [5.41, 5.74) is 0. The molecule has 1 aliphatic rings. The standard InChI is InChI=1S/C13H22N4O2S/c1-2-4-11-15-16-13(20)17(11)8-12(19)14-7-9-5-3-6-10(9)18/h9-10,18H,2-8H2,1H3,(H,14,19)(H,16,20)/t9-,10+/m0/s1. The minimum absolute atomic E-state index is 0.0843. The van der Waals surface area contributed by atoms with Crippen LogP contribution >= 0.6 is 12.2 Å². The molecule has 1 amide bonds. The zero-order valence-electron chi connectivity index (χ0n) is 11.8. The van der Waals surface area contributed by atoms with Crippen molar-refractivity contribution in [1.29, 1.82) is 0 Å². The molecule has 0 aromatic carbocycles. The topological polar surface area (TPSA) is 82.9 Å². The zero-order chi connectivity index (χ0) is 14.5. The van der Waals surface area contributed by atoms with E-state index in [0.29, 0.717) is 11.3 Å². The molecule has 0 radical (unpaired) electrons. The van der Waals surface area contributed by atoms with Crippen molar-refractivity contribution in [3.63, 3.8) is 0 Å². The highest BCUT2D eigenvalue weighted by atomic mass is 32.1. The van der Waals surface area contributed by atoms with Crippen molar-refractivity contribution in [2.75, 3.05) is 6.54 Å². The minimum Gasteiger partial charge on any atom is -0.393 e. The van der Waals surface area contributed by atoms with Gasteiger partial charge in [-0.25, -0.2) is 0 Å². The number of H-pyrrole nitrogens is 1. The molecule has 0 spiro atoms. The maximum absolute atomic E-state index is 12.0. The number of aryl methyl sites for hydroxylation is 1. The molecule has 1 heterocycles. The quantitative estimate of drug-likeness (QED) is 0.689. The van der Waals surface area contributed by atoms with Gasteiger partial charge in [0.2, 0.25) is 5.91 Å². The van der Waals surface area contributed by atoms with Crippen LogP contribution in [0.15, 0.2) is 0 Å². The van der Waals surface area contributed by atoms with Crippen molar-refractivity contribution in [1.82, 2.24) is 20.1 Å². The monoisotopic (exact) mass is 298 g/mol. The number of aliphatic hydroxyl groups is 1. The summed E-state index contributed by atoms with van der Waals surface area (Å²) in [6, 6.07) is 0. The first-order valence-electron chi connectivity index (χ1n) is 7.20. The van der Waals surface area contributed by atoms with E-state index >= 15 is 0 Å². The SMILES string of the molecule is CCCc1n[nH]c(=S)n1CC(=O)NC[C@@H]1CCC[C@H]1O. The number of hydrogen-bond donors (Lipinski definition) is 3. The fourth-order valence-electron chi connectivity index (χ4n) is 2.63. The molecule has 7 heteroatoms. The van der Waals surface area contributed by atoms with E-state index in [0.717, 1.165) is 37.9 Å². The van der Waals surface area contributed by atoms with Gasteiger partial charge in [-0.2, -0.15) is 5.10 Å². The van der Waals surface area contributed by atoms with Crippen LogP contribution in [0.3, 0.4) is 0 Å². The second-order valence-corrected chi connectivity index (χ2v) is 5.73. The lowest BCUT2D eigenvalue weighted by molar-refractivity contribution is -0.122. The van der Waals surface area contributed by atoms with Crippen LogP contribution in [0.1, 0.15) is 38.4 Å². The Labute approximate surface area is 123 Å². The number of rotatable bonds is 6. The first-order chi connectivity index (χ1) is 9.61. The summed E-state index contributed by atoms with van der Waals surface area (Å²) >= 11 is 5.14. The van der Waals surface area contributed by atoms with E-state index in [1.54, 1.807) is 4.57 Å². The summed E-state index contributed by atoms with van der Waals surface area (Å²) in [6.07, 6.45) is 4.33. The summed E-state index contributed by atoms with van der Waals surface area (Å²) < 4.78 is 2.21. The third-order valence-corrected chi connectivity index (χ3v) is 4.10. The van der Waals surface area contributed by atoms with Crippen LogP contribution in [-0.2, 0) is 17.8 Å². The fourth-order valence-corrected chi connectivity index (χ4v) is 2.84. The number of hydrogen-bond acceptors (Lipinski definition) is 4. The van der Waals surface area contributed by atoms with Gasteiger partial charge in [0.15, 0.2) is 4.77 Å². The van der Waals surface area contributed by atoms with Crippen molar-refractivity contribution in [2.24, 2.45) is 5.92 Å². The number of amides is 1. The van der Waals surface area contributed by atoms with Crippen LogP contribution in [0.4, 0.5) is 0 Å². The van der Waals surface area contributed by atoms with Crippen LogP contribution in [0.5, 0.6) is 0 Å². The molecule has 2 atom stereocenters. The normalized spacial score (nSPS) is 22.1. The van der Waals surface area contributed by atoms with Crippen molar-refractivity contribution in [2.45, 2.75) is 51.7 Å². The minimum atomic E-state index is -0.276. The van der Waals surface area contributed by atoms with Crippen LogP contribution in [0, 0.1) is 10.7 Å². The summed E-state index contributed by atoms with van der Waals surface area (Å²) in [7, 11) is 0. The smallest absolute Gasteiger partial charge is 0.240 e. The molecule has 0 aliphatic heterocycles. The van der Waals surface area contributed by atoms with E-state index in [4.69, 9.17) is 12.2 Å². The molecule has 0 saturated heterocycles. The first-order valence-corrected chi connectivity index (χ1v) is 7.61. The number of nitrogens with zero attached hydrogens (tertiary/aromatic N) is 2. The Balaban J connectivity index is 1.88. The van der Waals surface area contributed by atoms with E-state index in [-0.39, 0.29) is 24.5 Å². The van der Waals surface area contributed by atoms with Gasteiger partial charge in [-0.05, 0) is 31.5 Å². The summed E-state index contributed by atoms with van der Waals surface area (Å²) in [5, 5.41) is 19.5. The maximum Gasteiger partial charge on any atom is 0.240 e. The molecule has 1 fully saturated rings. The molecule has 6 nitrogen and oxygen atoms in total. The Kier molecular flexibility index (Phi) is 5.31. The van der Waals surface area contributed by atoms with Crippen LogP contribution in [0.2, 0.25) is 0 Å². The second kappa shape index (κ2) is 6.99. The van der Waals surface area contributed by atoms with Crippen LogP contribution < -0.4 is 5.32 Å². The Bertz CT molecular complexity index is 511. The molecule has 3 N–H and O–H groups in total. The lowest BCUT2D eigenvalue weighted by atomic mass is 10.1. The molecular formula is C13H22N4O2S. The van der Waals surface area contributed by atoms with E-state index in [2.05, 4.69) is 22.4 Å².